The largest absolute Gasteiger partial charge is 0.507 e. The Morgan fingerprint density at radius 2 is 1.82 bits per heavy atom. The number of ketones is 1. The fourth-order valence-electron chi connectivity index (χ4n) is 3.99. The van der Waals surface area contributed by atoms with Gasteiger partial charge in [0.05, 0.1) is 17.9 Å². The van der Waals surface area contributed by atoms with Gasteiger partial charge in [-0.2, -0.15) is 0 Å². The molecule has 1 aliphatic heterocycles. The maximum absolute atomic E-state index is 13.2. The number of hydrogen-bond acceptors (Lipinski definition) is 5. The van der Waals surface area contributed by atoms with Gasteiger partial charge in [0, 0.05) is 17.4 Å². The van der Waals surface area contributed by atoms with Crippen molar-refractivity contribution < 1.29 is 19.4 Å². The number of benzene rings is 2. The van der Waals surface area contributed by atoms with Crippen molar-refractivity contribution in [3.05, 3.63) is 95.3 Å². The summed E-state index contributed by atoms with van der Waals surface area (Å²) in [7, 11) is 0. The summed E-state index contributed by atoms with van der Waals surface area (Å²) in [4.78, 5) is 32.2. The molecule has 0 spiro atoms. The number of carbonyl (C=O) groups is 2. The molecule has 33 heavy (non-hydrogen) atoms. The highest BCUT2D eigenvalue weighted by Gasteiger charge is 2.47. The minimum absolute atomic E-state index is 0.000264. The second-order valence-corrected chi connectivity index (χ2v) is 8.13. The predicted octanol–water partition coefficient (Wildman–Crippen LogP) is 5.23. The van der Waals surface area contributed by atoms with Crippen LogP contribution >= 0.6 is 0 Å². The molecular weight excluding hydrogens is 416 g/mol. The lowest BCUT2D eigenvalue weighted by Crippen LogP contribution is -2.29. The van der Waals surface area contributed by atoms with E-state index in [0.717, 1.165) is 5.56 Å². The first-order valence-electron chi connectivity index (χ1n) is 11.0. The predicted molar refractivity (Wildman–Crippen MR) is 127 cm³/mol. The second kappa shape index (κ2) is 9.28. The summed E-state index contributed by atoms with van der Waals surface area (Å²) in [6.45, 7) is 6.51. The van der Waals surface area contributed by atoms with Gasteiger partial charge in [0.25, 0.3) is 11.7 Å². The number of pyridine rings is 1. The molecule has 0 radical (unpaired) electrons. The van der Waals surface area contributed by atoms with Crippen molar-refractivity contribution in [3.8, 4) is 5.75 Å². The monoisotopic (exact) mass is 442 g/mol. The van der Waals surface area contributed by atoms with Crippen LogP contribution in [0.3, 0.4) is 0 Å². The number of anilines is 1. The Bertz CT molecular complexity index is 1200. The maximum atomic E-state index is 13.2. The first kappa shape index (κ1) is 22.3. The summed E-state index contributed by atoms with van der Waals surface area (Å²) >= 11 is 0. The molecular formula is C27H26N2O4. The molecule has 0 saturated carbocycles. The van der Waals surface area contributed by atoms with Crippen LogP contribution in [0.5, 0.6) is 5.75 Å². The summed E-state index contributed by atoms with van der Waals surface area (Å²) in [5.74, 6) is -0.816. The van der Waals surface area contributed by atoms with Crippen LogP contribution in [-0.4, -0.2) is 28.4 Å². The van der Waals surface area contributed by atoms with Gasteiger partial charge in [0.2, 0.25) is 0 Å². The molecule has 1 aliphatic rings. The third-order valence-corrected chi connectivity index (χ3v) is 5.67. The van der Waals surface area contributed by atoms with E-state index in [4.69, 9.17) is 4.74 Å². The highest BCUT2D eigenvalue weighted by molar-refractivity contribution is 6.51. The number of aromatic nitrogens is 1. The highest BCUT2D eigenvalue weighted by Crippen LogP contribution is 2.41. The zero-order chi connectivity index (χ0) is 23.5. The summed E-state index contributed by atoms with van der Waals surface area (Å²) in [6.07, 6.45) is 1.60. The summed E-state index contributed by atoms with van der Waals surface area (Å²) in [6, 6.07) is 18.8. The van der Waals surface area contributed by atoms with E-state index in [1.165, 1.54) is 4.90 Å². The Balaban J connectivity index is 1.88. The zero-order valence-electron chi connectivity index (χ0n) is 18.9. The maximum Gasteiger partial charge on any atom is 0.300 e. The van der Waals surface area contributed by atoms with E-state index < -0.39 is 17.7 Å². The Morgan fingerprint density at radius 3 is 2.45 bits per heavy atom. The number of nitrogens with zero attached hydrogens (tertiary/aromatic N) is 2. The van der Waals surface area contributed by atoms with Crippen molar-refractivity contribution in [2.45, 2.75) is 32.7 Å². The topological polar surface area (TPSA) is 79.7 Å². The lowest BCUT2D eigenvalue weighted by molar-refractivity contribution is -0.132. The van der Waals surface area contributed by atoms with Gasteiger partial charge in [-0.3, -0.25) is 19.5 Å². The molecule has 0 aliphatic carbocycles. The molecule has 168 valence electrons. The molecule has 1 unspecified atom stereocenters. The standard InChI is InChI=1S/C27H26N2O4/c1-4-33-21-9-7-8-19(16-21)25(30)23-24(22-10-5-6-15-28-22)29(27(32)26(23)31)20-13-11-18(12-14-20)17(2)3/h5-17,24,30H,4H2,1-3H3/b25-23-. The normalized spacial score (nSPS) is 17.6. The lowest BCUT2D eigenvalue weighted by Gasteiger charge is -2.25. The van der Waals surface area contributed by atoms with Crippen molar-refractivity contribution in [1.82, 2.24) is 4.98 Å². The van der Waals surface area contributed by atoms with Gasteiger partial charge < -0.3 is 9.84 Å². The van der Waals surface area contributed by atoms with Crippen LogP contribution in [0.15, 0.2) is 78.5 Å². The number of hydrogen-bond donors (Lipinski definition) is 1. The molecule has 0 bridgehead atoms. The van der Waals surface area contributed by atoms with E-state index in [9.17, 15) is 14.7 Å². The molecule has 1 N–H and O–H groups in total. The van der Waals surface area contributed by atoms with Gasteiger partial charge >= 0.3 is 0 Å². The second-order valence-electron chi connectivity index (χ2n) is 8.13. The molecule has 3 aromatic rings. The third kappa shape index (κ3) is 4.24. The molecule has 6 heteroatoms. The summed E-state index contributed by atoms with van der Waals surface area (Å²) < 4.78 is 5.53. The van der Waals surface area contributed by atoms with E-state index in [0.29, 0.717) is 35.2 Å². The Kier molecular flexibility index (Phi) is 6.27. The summed E-state index contributed by atoms with van der Waals surface area (Å²) in [5, 5.41) is 11.2. The van der Waals surface area contributed by atoms with Crippen molar-refractivity contribution in [3.63, 3.8) is 0 Å². The van der Waals surface area contributed by atoms with E-state index in [1.807, 2.05) is 31.2 Å². The smallest absolute Gasteiger partial charge is 0.300 e. The molecule has 1 saturated heterocycles. The van der Waals surface area contributed by atoms with E-state index in [-0.39, 0.29) is 11.3 Å². The summed E-state index contributed by atoms with van der Waals surface area (Å²) in [5.41, 5.74) is 2.58. The number of aliphatic hydroxyl groups excluding tert-OH is 1. The molecule has 1 amide bonds. The molecule has 1 aromatic heterocycles. The molecule has 2 aromatic carbocycles. The SMILES string of the molecule is CCOc1cccc(/C(O)=C2/C(=O)C(=O)N(c3ccc(C(C)C)cc3)C2c2ccccn2)c1. The van der Waals surface area contributed by atoms with E-state index in [2.05, 4.69) is 18.8 Å². The van der Waals surface area contributed by atoms with Crippen LogP contribution in [0.1, 0.15) is 49.6 Å². The van der Waals surface area contributed by atoms with Crippen LogP contribution in [0, 0.1) is 0 Å². The molecule has 1 atom stereocenters. The number of carbonyl (C=O) groups excluding carboxylic acids is 2. The molecule has 1 fully saturated rings. The lowest BCUT2D eigenvalue weighted by atomic mass is 9.97. The van der Waals surface area contributed by atoms with Crippen LogP contribution in [0.25, 0.3) is 5.76 Å². The number of amides is 1. The van der Waals surface area contributed by atoms with Gasteiger partial charge in [-0.15, -0.1) is 0 Å². The minimum Gasteiger partial charge on any atom is -0.507 e. The van der Waals surface area contributed by atoms with Crippen LogP contribution in [-0.2, 0) is 9.59 Å². The fourth-order valence-corrected chi connectivity index (χ4v) is 3.99. The minimum atomic E-state index is -0.855. The Labute approximate surface area is 193 Å². The first-order valence-corrected chi connectivity index (χ1v) is 11.0. The van der Waals surface area contributed by atoms with Gasteiger partial charge in [-0.1, -0.05) is 44.2 Å². The molecule has 4 rings (SSSR count). The Morgan fingerprint density at radius 1 is 1.06 bits per heavy atom. The van der Waals surface area contributed by atoms with Gasteiger partial charge in [0.1, 0.15) is 17.6 Å². The van der Waals surface area contributed by atoms with Gasteiger partial charge in [0.15, 0.2) is 0 Å². The number of Topliss-reactive ketones (excluding diaryl/α,β-unsaturated/α-hetero) is 1. The van der Waals surface area contributed by atoms with Crippen LogP contribution < -0.4 is 9.64 Å². The van der Waals surface area contributed by atoms with Crippen molar-refractivity contribution in [2.75, 3.05) is 11.5 Å². The average molecular weight is 443 g/mol. The fraction of sp³-hybridized carbons (Fsp3) is 0.222. The molecule has 2 heterocycles. The zero-order valence-corrected chi connectivity index (χ0v) is 18.9. The molecule has 6 nitrogen and oxygen atoms in total. The van der Waals surface area contributed by atoms with Crippen LogP contribution in [0.4, 0.5) is 5.69 Å². The van der Waals surface area contributed by atoms with Crippen molar-refractivity contribution in [2.24, 2.45) is 0 Å². The first-order chi connectivity index (χ1) is 15.9. The van der Waals surface area contributed by atoms with Gasteiger partial charge in [-0.05, 0) is 54.8 Å². The highest BCUT2D eigenvalue weighted by atomic mass is 16.5. The van der Waals surface area contributed by atoms with Crippen LogP contribution in [0.2, 0.25) is 0 Å². The van der Waals surface area contributed by atoms with E-state index in [1.54, 1.807) is 48.7 Å². The third-order valence-electron chi connectivity index (χ3n) is 5.67. The number of rotatable bonds is 6. The van der Waals surface area contributed by atoms with E-state index >= 15 is 0 Å². The Hall–Kier alpha value is -3.93. The average Bonchev–Trinajstić information content (AvgIpc) is 3.10. The quantitative estimate of drug-likeness (QED) is 0.321. The number of aliphatic hydroxyl groups is 1. The van der Waals surface area contributed by atoms with Crippen molar-refractivity contribution >= 4 is 23.1 Å². The van der Waals surface area contributed by atoms with Gasteiger partial charge in [-0.25, -0.2) is 0 Å². The number of ether oxygens (including phenoxy) is 1. The van der Waals surface area contributed by atoms with Crippen molar-refractivity contribution in [1.29, 1.82) is 0 Å².